The predicted octanol–water partition coefficient (Wildman–Crippen LogP) is 5.43. The van der Waals surface area contributed by atoms with E-state index in [4.69, 9.17) is 0 Å². The first-order chi connectivity index (χ1) is 16.3. The molecule has 7 nitrogen and oxygen atoms in total. The molecule has 5 aromatic rings. The van der Waals surface area contributed by atoms with Gasteiger partial charge in [-0.2, -0.15) is 18.4 Å². The smallest absolute Gasteiger partial charge is 0.384 e. The van der Waals surface area contributed by atoms with Gasteiger partial charge in [0.15, 0.2) is 5.69 Å². The van der Waals surface area contributed by atoms with Crippen molar-refractivity contribution in [3.63, 3.8) is 0 Å². The Labute approximate surface area is 189 Å². The van der Waals surface area contributed by atoms with E-state index in [9.17, 15) is 22.8 Å². The van der Waals surface area contributed by atoms with Crippen LogP contribution in [0, 0.1) is 17.1 Å². The van der Waals surface area contributed by atoms with E-state index in [2.05, 4.69) is 25.3 Å². The molecule has 2 N–H and O–H groups in total. The van der Waals surface area contributed by atoms with E-state index < -0.39 is 17.7 Å². The standard InChI is InChI=1S/C23H15F4N7/c1-2-30-17-5-14(24)4-15-19-21(34-10-18(32-11-34)23(25,26)27)16(9-31-22(19)33-20(15)17)13-3-12(6-28)7-29-8-13/h3-5,7-11,30H,2H2,1H3,(H,31,33). The highest BCUT2D eigenvalue weighted by Gasteiger charge is 2.34. The highest BCUT2D eigenvalue weighted by molar-refractivity contribution is 6.15. The Hall–Kier alpha value is -4.46. The Kier molecular flexibility index (Phi) is 4.93. The summed E-state index contributed by atoms with van der Waals surface area (Å²) < 4.78 is 55.8. The van der Waals surface area contributed by atoms with Crippen LogP contribution in [0.2, 0.25) is 0 Å². The highest BCUT2D eigenvalue weighted by Crippen LogP contribution is 2.39. The fraction of sp³-hybridized carbons (Fsp3) is 0.130. The summed E-state index contributed by atoms with van der Waals surface area (Å²) in [6.45, 7) is 2.39. The lowest BCUT2D eigenvalue weighted by atomic mass is 10.0. The summed E-state index contributed by atoms with van der Waals surface area (Å²) in [6, 6.07) is 6.19. The minimum absolute atomic E-state index is 0.268. The number of rotatable bonds is 4. The summed E-state index contributed by atoms with van der Waals surface area (Å²) in [6.07, 6.45) is 1.59. The van der Waals surface area contributed by atoms with E-state index in [0.717, 1.165) is 12.5 Å². The zero-order chi connectivity index (χ0) is 24.0. The van der Waals surface area contributed by atoms with Gasteiger partial charge >= 0.3 is 6.18 Å². The van der Waals surface area contributed by atoms with E-state index in [-0.39, 0.29) is 5.56 Å². The highest BCUT2D eigenvalue weighted by atomic mass is 19.4. The Morgan fingerprint density at radius 2 is 1.97 bits per heavy atom. The molecule has 0 fully saturated rings. The molecule has 4 aromatic heterocycles. The summed E-state index contributed by atoms with van der Waals surface area (Å²) in [4.78, 5) is 15.2. The fourth-order valence-corrected chi connectivity index (χ4v) is 3.96. The molecule has 0 radical (unpaired) electrons. The third kappa shape index (κ3) is 3.49. The van der Waals surface area contributed by atoms with Gasteiger partial charge in [0.25, 0.3) is 0 Å². The summed E-state index contributed by atoms with van der Waals surface area (Å²) in [5.41, 5.74) is 1.76. The minimum atomic E-state index is -4.65. The second-order valence-electron chi connectivity index (χ2n) is 7.51. The molecule has 0 saturated heterocycles. The van der Waals surface area contributed by atoms with Crippen molar-refractivity contribution in [1.29, 1.82) is 5.26 Å². The lowest BCUT2D eigenvalue weighted by Gasteiger charge is -2.12. The molecule has 0 aliphatic rings. The first-order valence-electron chi connectivity index (χ1n) is 10.1. The number of nitriles is 1. The van der Waals surface area contributed by atoms with Gasteiger partial charge in [-0.1, -0.05) is 0 Å². The van der Waals surface area contributed by atoms with Crippen LogP contribution in [0.4, 0.5) is 23.2 Å². The third-order valence-electron chi connectivity index (χ3n) is 5.34. The summed E-state index contributed by atoms with van der Waals surface area (Å²) >= 11 is 0. The number of halogens is 4. The Balaban J connectivity index is 1.90. The molecular weight excluding hydrogens is 450 g/mol. The molecule has 34 heavy (non-hydrogen) atoms. The van der Waals surface area contributed by atoms with Gasteiger partial charge in [-0.05, 0) is 25.1 Å². The van der Waals surface area contributed by atoms with Gasteiger partial charge in [-0.25, -0.2) is 14.4 Å². The number of alkyl halides is 3. The number of anilines is 1. The molecule has 0 amide bonds. The first-order valence-corrected chi connectivity index (χ1v) is 10.1. The number of aromatic amines is 1. The maximum Gasteiger partial charge on any atom is 0.434 e. The van der Waals surface area contributed by atoms with Crippen molar-refractivity contribution in [3.8, 4) is 22.9 Å². The van der Waals surface area contributed by atoms with Gasteiger partial charge in [0.1, 0.15) is 17.5 Å². The number of fused-ring (bicyclic) bond motifs is 3. The van der Waals surface area contributed by atoms with Crippen molar-refractivity contribution in [2.45, 2.75) is 13.1 Å². The molecule has 170 valence electrons. The first kappa shape index (κ1) is 21.4. The van der Waals surface area contributed by atoms with Gasteiger partial charge in [-0.3, -0.25) is 4.98 Å². The quantitative estimate of drug-likeness (QED) is 0.346. The Morgan fingerprint density at radius 1 is 1.15 bits per heavy atom. The largest absolute Gasteiger partial charge is 0.434 e. The van der Waals surface area contributed by atoms with Gasteiger partial charge < -0.3 is 14.9 Å². The number of imidazole rings is 1. The number of pyridine rings is 2. The summed E-state index contributed by atoms with van der Waals surface area (Å²) in [5.74, 6) is -0.518. The second-order valence-corrected chi connectivity index (χ2v) is 7.51. The molecule has 1 aromatic carbocycles. The predicted molar refractivity (Wildman–Crippen MR) is 118 cm³/mol. The van der Waals surface area contributed by atoms with Gasteiger partial charge in [0.2, 0.25) is 0 Å². The molecule has 0 spiro atoms. The van der Waals surface area contributed by atoms with Crippen LogP contribution in [0.5, 0.6) is 0 Å². The molecule has 0 aliphatic carbocycles. The summed E-state index contributed by atoms with van der Waals surface area (Å²) in [5, 5.41) is 13.2. The monoisotopic (exact) mass is 465 g/mol. The van der Waals surface area contributed by atoms with Crippen LogP contribution in [-0.2, 0) is 6.18 Å². The van der Waals surface area contributed by atoms with Crippen LogP contribution in [-0.4, -0.2) is 31.0 Å². The third-order valence-corrected chi connectivity index (χ3v) is 5.34. The van der Waals surface area contributed by atoms with E-state index in [1.165, 1.54) is 35.3 Å². The van der Waals surface area contributed by atoms with Gasteiger partial charge in [-0.15, -0.1) is 0 Å². The lowest BCUT2D eigenvalue weighted by molar-refractivity contribution is -0.140. The van der Waals surface area contributed by atoms with E-state index in [1.807, 2.05) is 13.0 Å². The molecule has 0 atom stereocenters. The van der Waals surface area contributed by atoms with Gasteiger partial charge in [0, 0.05) is 47.8 Å². The van der Waals surface area contributed by atoms with Crippen molar-refractivity contribution >= 4 is 27.6 Å². The van der Waals surface area contributed by atoms with Crippen molar-refractivity contribution in [2.75, 3.05) is 11.9 Å². The molecule has 0 unspecified atom stereocenters. The van der Waals surface area contributed by atoms with Crippen LogP contribution >= 0.6 is 0 Å². The molecule has 4 heterocycles. The molecular formula is C23H15F4N7. The van der Waals surface area contributed by atoms with Gasteiger partial charge in [0.05, 0.1) is 34.2 Å². The molecule has 5 rings (SSSR count). The molecule has 11 heteroatoms. The fourth-order valence-electron chi connectivity index (χ4n) is 3.96. The maximum absolute atomic E-state index is 14.6. The van der Waals surface area contributed by atoms with Crippen LogP contribution in [0.3, 0.4) is 0 Å². The Morgan fingerprint density at radius 3 is 2.68 bits per heavy atom. The number of H-pyrrole nitrogens is 1. The van der Waals surface area contributed by atoms with Crippen molar-refractivity contribution < 1.29 is 17.6 Å². The molecule has 0 bridgehead atoms. The average Bonchev–Trinajstić information content (AvgIpc) is 3.44. The van der Waals surface area contributed by atoms with Crippen LogP contribution in [0.25, 0.3) is 38.8 Å². The van der Waals surface area contributed by atoms with Crippen LogP contribution in [0.15, 0.2) is 49.3 Å². The average molecular weight is 465 g/mol. The van der Waals surface area contributed by atoms with Crippen molar-refractivity contribution in [1.82, 2.24) is 24.5 Å². The van der Waals surface area contributed by atoms with Crippen molar-refractivity contribution in [2.24, 2.45) is 0 Å². The number of aromatic nitrogens is 5. The van der Waals surface area contributed by atoms with E-state index in [0.29, 0.717) is 51.0 Å². The summed E-state index contributed by atoms with van der Waals surface area (Å²) in [7, 11) is 0. The van der Waals surface area contributed by atoms with Crippen LogP contribution in [0.1, 0.15) is 18.2 Å². The van der Waals surface area contributed by atoms with E-state index in [1.54, 1.807) is 6.07 Å². The number of hydrogen-bond acceptors (Lipinski definition) is 5. The van der Waals surface area contributed by atoms with E-state index >= 15 is 0 Å². The normalized spacial score (nSPS) is 11.8. The topological polar surface area (TPSA) is 95.2 Å². The zero-order valence-electron chi connectivity index (χ0n) is 17.6. The van der Waals surface area contributed by atoms with Crippen LogP contribution < -0.4 is 5.32 Å². The van der Waals surface area contributed by atoms with Crippen molar-refractivity contribution in [3.05, 3.63) is 66.4 Å². The maximum atomic E-state index is 14.6. The second kappa shape index (κ2) is 7.84. The number of hydrogen-bond donors (Lipinski definition) is 2. The molecule has 0 aliphatic heterocycles. The SMILES string of the molecule is CCNc1cc(F)cc2c1[nH]c1ncc(-c3cncc(C#N)c3)c(-n3cnc(C(F)(F)F)c3)c12. The number of nitrogens with zero attached hydrogens (tertiary/aromatic N) is 5. The zero-order valence-corrected chi connectivity index (χ0v) is 17.6. The Bertz CT molecular complexity index is 1590. The minimum Gasteiger partial charge on any atom is -0.384 e. The lowest BCUT2D eigenvalue weighted by Crippen LogP contribution is -2.05. The number of benzene rings is 1. The molecule has 0 saturated carbocycles. The number of nitrogens with one attached hydrogen (secondary N) is 2.